The second kappa shape index (κ2) is 7.67. The first-order chi connectivity index (χ1) is 13.3. The monoisotopic (exact) mass is 357 g/mol. The molecule has 1 aromatic carbocycles. The van der Waals surface area contributed by atoms with E-state index in [1.807, 2.05) is 36.4 Å². The Bertz CT molecular complexity index is 1050. The molecule has 3 aromatic heterocycles. The van der Waals surface area contributed by atoms with Gasteiger partial charge in [-0.25, -0.2) is 4.98 Å². The first-order valence-corrected chi connectivity index (χ1v) is 8.54. The normalized spacial score (nSPS) is 10.6. The van der Waals surface area contributed by atoms with Crippen LogP contribution >= 0.6 is 0 Å². The van der Waals surface area contributed by atoms with Gasteiger partial charge in [0.15, 0.2) is 5.82 Å². The lowest BCUT2D eigenvalue weighted by Gasteiger charge is -2.13. The Morgan fingerprint density at radius 1 is 0.963 bits per heavy atom. The predicted molar refractivity (Wildman–Crippen MR) is 109 cm³/mol. The number of nitrogens with one attached hydrogen (secondary N) is 3. The number of hydrogen-bond acceptors (Lipinski definition) is 7. The zero-order chi connectivity index (χ0) is 18.5. The summed E-state index contributed by atoms with van der Waals surface area (Å²) in [7, 11) is 0. The molecular weight excluding hydrogens is 338 g/mol. The van der Waals surface area contributed by atoms with Crippen LogP contribution in [0.3, 0.4) is 0 Å². The largest absolute Gasteiger partial charge is 0.364 e. The number of nitrogens with two attached hydrogens (primary N) is 1. The molecule has 0 saturated carbocycles. The van der Waals surface area contributed by atoms with E-state index in [9.17, 15) is 0 Å². The fourth-order valence-corrected chi connectivity index (χ4v) is 2.79. The maximum absolute atomic E-state index is 5.63. The van der Waals surface area contributed by atoms with Crippen molar-refractivity contribution in [3.63, 3.8) is 0 Å². The van der Waals surface area contributed by atoms with Crippen molar-refractivity contribution in [3.8, 4) is 0 Å². The predicted octanol–water partition coefficient (Wildman–Crippen LogP) is 3.67. The van der Waals surface area contributed by atoms with Crippen molar-refractivity contribution in [2.75, 3.05) is 16.1 Å². The van der Waals surface area contributed by atoms with Crippen molar-refractivity contribution < 1.29 is 0 Å². The number of fused-ring (bicyclic) bond motifs is 1. The first kappa shape index (κ1) is 16.7. The number of aromatic nitrogens is 3. The number of hydrogen-bond donors (Lipinski definition) is 4. The maximum atomic E-state index is 5.63. The molecule has 7 nitrogen and oxygen atoms in total. The van der Waals surface area contributed by atoms with Gasteiger partial charge in [0.05, 0.1) is 23.1 Å². The van der Waals surface area contributed by atoms with Gasteiger partial charge in [-0.05, 0) is 48.0 Å². The van der Waals surface area contributed by atoms with Crippen LogP contribution in [0.2, 0.25) is 0 Å². The van der Waals surface area contributed by atoms with Gasteiger partial charge in [0.1, 0.15) is 5.82 Å². The summed E-state index contributed by atoms with van der Waals surface area (Å²) in [5.74, 6) is 6.99. The molecule has 0 fully saturated rings. The van der Waals surface area contributed by atoms with Crippen molar-refractivity contribution >= 4 is 33.9 Å². The molecule has 4 aromatic rings. The van der Waals surface area contributed by atoms with Gasteiger partial charge < -0.3 is 16.1 Å². The molecule has 0 radical (unpaired) electrons. The topological polar surface area (TPSA) is 101 Å². The molecule has 0 aliphatic heterocycles. The van der Waals surface area contributed by atoms with Gasteiger partial charge in [0.25, 0.3) is 0 Å². The van der Waals surface area contributed by atoms with E-state index in [1.54, 1.807) is 18.6 Å². The van der Waals surface area contributed by atoms with Gasteiger partial charge in [-0.1, -0.05) is 12.1 Å². The summed E-state index contributed by atoms with van der Waals surface area (Å²) in [5.41, 5.74) is 6.37. The van der Waals surface area contributed by atoms with Crippen LogP contribution < -0.4 is 21.9 Å². The van der Waals surface area contributed by atoms with Gasteiger partial charge in [0.2, 0.25) is 0 Å². The summed E-state index contributed by atoms with van der Waals surface area (Å²) in [6.45, 7) is 0.614. The number of benzene rings is 1. The molecule has 5 N–H and O–H groups in total. The van der Waals surface area contributed by atoms with Crippen LogP contribution in [-0.4, -0.2) is 15.0 Å². The van der Waals surface area contributed by atoms with Gasteiger partial charge in [0, 0.05) is 24.3 Å². The Morgan fingerprint density at radius 2 is 1.89 bits per heavy atom. The smallest absolute Gasteiger partial charge is 0.153 e. The second-order valence-electron chi connectivity index (χ2n) is 5.99. The number of nitrogens with zero attached hydrogens (tertiary/aromatic N) is 3. The molecule has 0 atom stereocenters. The molecule has 0 saturated heterocycles. The van der Waals surface area contributed by atoms with E-state index in [0.29, 0.717) is 23.9 Å². The summed E-state index contributed by atoms with van der Waals surface area (Å²) < 4.78 is 0. The number of pyridine rings is 3. The van der Waals surface area contributed by atoms with Crippen molar-refractivity contribution in [3.05, 3.63) is 78.8 Å². The van der Waals surface area contributed by atoms with Crippen LogP contribution in [0.4, 0.5) is 23.0 Å². The second-order valence-corrected chi connectivity index (χ2v) is 5.99. The Hall–Kier alpha value is -3.71. The average molecular weight is 357 g/mol. The lowest BCUT2D eigenvalue weighted by atomic mass is 10.1. The van der Waals surface area contributed by atoms with E-state index in [1.165, 1.54) is 0 Å². The number of anilines is 4. The lowest BCUT2D eigenvalue weighted by Crippen LogP contribution is -2.12. The third kappa shape index (κ3) is 3.94. The average Bonchev–Trinajstić information content (AvgIpc) is 2.73. The summed E-state index contributed by atoms with van der Waals surface area (Å²) in [5, 5.41) is 7.67. The van der Waals surface area contributed by atoms with E-state index in [-0.39, 0.29) is 0 Å². The molecule has 0 amide bonds. The summed E-state index contributed by atoms with van der Waals surface area (Å²) in [4.78, 5) is 13.1. The van der Waals surface area contributed by atoms with Crippen LogP contribution in [0.5, 0.6) is 0 Å². The zero-order valence-electron chi connectivity index (χ0n) is 14.6. The zero-order valence-corrected chi connectivity index (χ0v) is 14.6. The fourth-order valence-electron chi connectivity index (χ4n) is 2.79. The van der Waals surface area contributed by atoms with Crippen molar-refractivity contribution in [1.29, 1.82) is 0 Å². The SMILES string of the molecule is NNc1ccc(Nc2cccnc2)nc1NCc1ccc2ncccc2c1. The van der Waals surface area contributed by atoms with Crippen LogP contribution in [-0.2, 0) is 6.54 Å². The molecule has 0 aliphatic carbocycles. The van der Waals surface area contributed by atoms with E-state index in [0.717, 1.165) is 22.2 Å². The number of rotatable bonds is 6. The minimum atomic E-state index is 0.614. The molecule has 0 unspecified atom stereocenters. The summed E-state index contributed by atoms with van der Waals surface area (Å²) in [6, 6.07) is 17.7. The highest BCUT2D eigenvalue weighted by Crippen LogP contribution is 2.24. The quantitative estimate of drug-likeness (QED) is 0.308. The van der Waals surface area contributed by atoms with Crippen LogP contribution in [0.1, 0.15) is 5.56 Å². The first-order valence-electron chi connectivity index (χ1n) is 8.54. The Morgan fingerprint density at radius 3 is 2.74 bits per heavy atom. The van der Waals surface area contributed by atoms with E-state index >= 15 is 0 Å². The molecule has 134 valence electrons. The standard InChI is InChI=1S/C20H19N7/c21-27-18-7-8-19(25-16-4-2-9-22-13-16)26-20(18)24-12-14-5-6-17-15(11-14)3-1-10-23-17/h1-11,13,27H,12,21H2,(H2,24,25,26). The Balaban J connectivity index is 1.53. The van der Waals surface area contributed by atoms with Gasteiger partial charge >= 0.3 is 0 Å². The van der Waals surface area contributed by atoms with E-state index < -0.39 is 0 Å². The van der Waals surface area contributed by atoms with Crippen molar-refractivity contribution in [1.82, 2.24) is 15.0 Å². The molecule has 4 rings (SSSR count). The van der Waals surface area contributed by atoms with Gasteiger partial charge in [-0.3, -0.25) is 15.8 Å². The number of nitrogen functional groups attached to an aromatic ring is 1. The van der Waals surface area contributed by atoms with E-state index in [2.05, 4.69) is 49.2 Å². The van der Waals surface area contributed by atoms with Crippen LogP contribution in [0, 0.1) is 0 Å². The highest BCUT2D eigenvalue weighted by atomic mass is 15.2. The van der Waals surface area contributed by atoms with Crippen molar-refractivity contribution in [2.24, 2.45) is 5.84 Å². The highest BCUT2D eigenvalue weighted by Gasteiger charge is 2.06. The van der Waals surface area contributed by atoms with E-state index in [4.69, 9.17) is 5.84 Å². The molecule has 27 heavy (non-hydrogen) atoms. The highest BCUT2D eigenvalue weighted by molar-refractivity contribution is 5.79. The van der Waals surface area contributed by atoms with Crippen LogP contribution in [0.25, 0.3) is 10.9 Å². The molecule has 0 bridgehead atoms. The summed E-state index contributed by atoms with van der Waals surface area (Å²) >= 11 is 0. The Labute approximate surface area is 156 Å². The van der Waals surface area contributed by atoms with Gasteiger partial charge in [-0.15, -0.1) is 0 Å². The third-order valence-corrected chi connectivity index (χ3v) is 4.11. The van der Waals surface area contributed by atoms with Crippen LogP contribution in [0.15, 0.2) is 73.2 Å². The fraction of sp³-hybridized carbons (Fsp3) is 0.0500. The maximum Gasteiger partial charge on any atom is 0.153 e. The number of hydrazine groups is 1. The molecule has 3 heterocycles. The Kier molecular flexibility index (Phi) is 4.76. The molecule has 0 aliphatic rings. The molecule has 7 heteroatoms. The summed E-state index contributed by atoms with van der Waals surface area (Å²) in [6.07, 6.45) is 5.27. The van der Waals surface area contributed by atoms with Crippen molar-refractivity contribution in [2.45, 2.75) is 6.54 Å². The molecular formula is C20H19N7. The lowest BCUT2D eigenvalue weighted by molar-refractivity contribution is 1.11. The molecule has 0 spiro atoms. The van der Waals surface area contributed by atoms with Gasteiger partial charge in [-0.2, -0.15) is 0 Å². The minimum absolute atomic E-state index is 0.614. The minimum Gasteiger partial charge on any atom is -0.364 e. The third-order valence-electron chi connectivity index (χ3n) is 4.11.